The van der Waals surface area contributed by atoms with Crippen LogP contribution in [-0.2, 0) is 4.74 Å². The minimum absolute atomic E-state index is 0.0376. The highest BCUT2D eigenvalue weighted by molar-refractivity contribution is 7.80. The molecule has 0 bridgehead atoms. The summed E-state index contributed by atoms with van der Waals surface area (Å²) in [7, 11) is 0. The molecule has 4 heteroatoms. The molecule has 0 spiro atoms. The SMILES string of the molecule is CC1(C)COCCN1C(N)=S. The Kier molecular flexibility index (Phi) is 2.34. The third-order valence-corrected chi connectivity index (χ3v) is 2.13. The van der Waals surface area contributed by atoms with E-state index in [2.05, 4.69) is 13.8 Å². The summed E-state index contributed by atoms with van der Waals surface area (Å²) in [5.41, 5.74) is 5.51. The van der Waals surface area contributed by atoms with Crippen molar-refractivity contribution >= 4 is 17.3 Å². The van der Waals surface area contributed by atoms with Crippen molar-refractivity contribution in [3.63, 3.8) is 0 Å². The van der Waals surface area contributed by atoms with Crippen LogP contribution in [0.1, 0.15) is 13.8 Å². The van der Waals surface area contributed by atoms with E-state index >= 15 is 0 Å². The average molecular weight is 174 g/mol. The first-order chi connectivity index (χ1) is 5.04. The fourth-order valence-corrected chi connectivity index (χ4v) is 1.61. The van der Waals surface area contributed by atoms with Gasteiger partial charge >= 0.3 is 0 Å². The van der Waals surface area contributed by atoms with Gasteiger partial charge in [-0.3, -0.25) is 0 Å². The van der Waals surface area contributed by atoms with Gasteiger partial charge in [0.25, 0.3) is 0 Å². The molecule has 1 aliphatic heterocycles. The summed E-state index contributed by atoms with van der Waals surface area (Å²) >= 11 is 4.91. The Morgan fingerprint density at radius 1 is 1.64 bits per heavy atom. The smallest absolute Gasteiger partial charge is 0.166 e. The van der Waals surface area contributed by atoms with Gasteiger partial charge in [-0.05, 0) is 26.1 Å². The number of hydrogen-bond donors (Lipinski definition) is 1. The summed E-state index contributed by atoms with van der Waals surface area (Å²) in [5.74, 6) is 0. The zero-order valence-electron chi connectivity index (χ0n) is 6.96. The molecule has 0 saturated carbocycles. The molecule has 0 aromatic heterocycles. The van der Waals surface area contributed by atoms with Crippen LogP contribution in [0.2, 0.25) is 0 Å². The maximum atomic E-state index is 5.54. The first kappa shape index (κ1) is 8.74. The van der Waals surface area contributed by atoms with E-state index in [1.807, 2.05) is 4.90 Å². The Bertz CT molecular complexity index is 170. The van der Waals surface area contributed by atoms with E-state index in [0.29, 0.717) is 11.7 Å². The number of rotatable bonds is 0. The highest BCUT2D eigenvalue weighted by atomic mass is 32.1. The number of nitrogens with two attached hydrogens (primary N) is 1. The fraction of sp³-hybridized carbons (Fsp3) is 0.857. The zero-order valence-corrected chi connectivity index (χ0v) is 7.78. The van der Waals surface area contributed by atoms with Gasteiger partial charge in [0, 0.05) is 6.54 Å². The van der Waals surface area contributed by atoms with Crippen molar-refractivity contribution in [2.45, 2.75) is 19.4 Å². The lowest BCUT2D eigenvalue weighted by Crippen LogP contribution is -2.57. The van der Waals surface area contributed by atoms with Crippen LogP contribution in [0, 0.1) is 0 Å². The second-order valence-corrected chi connectivity index (χ2v) is 3.77. The molecule has 1 aliphatic rings. The second-order valence-electron chi connectivity index (χ2n) is 3.35. The molecule has 0 atom stereocenters. The lowest BCUT2D eigenvalue weighted by atomic mass is 10.0. The Hall–Kier alpha value is -0.350. The lowest BCUT2D eigenvalue weighted by Gasteiger charge is -2.42. The van der Waals surface area contributed by atoms with Crippen molar-refractivity contribution in [3.05, 3.63) is 0 Å². The van der Waals surface area contributed by atoms with Gasteiger partial charge in [-0.25, -0.2) is 0 Å². The van der Waals surface area contributed by atoms with Gasteiger partial charge in [0.05, 0.1) is 18.8 Å². The summed E-state index contributed by atoms with van der Waals surface area (Å²) < 4.78 is 5.31. The normalized spacial score (nSPS) is 23.3. The van der Waals surface area contributed by atoms with E-state index in [1.54, 1.807) is 0 Å². The molecular weight excluding hydrogens is 160 g/mol. The molecule has 2 N–H and O–H groups in total. The van der Waals surface area contributed by atoms with Gasteiger partial charge in [0.1, 0.15) is 0 Å². The first-order valence-electron chi connectivity index (χ1n) is 3.69. The molecule has 0 aromatic rings. The van der Waals surface area contributed by atoms with Crippen LogP contribution in [0.3, 0.4) is 0 Å². The fourth-order valence-electron chi connectivity index (χ4n) is 1.27. The first-order valence-corrected chi connectivity index (χ1v) is 4.10. The maximum Gasteiger partial charge on any atom is 0.166 e. The summed E-state index contributed by atoms with van der Waals surface area (Å²) in [5, 5.41) is 0.471. The van der Waals surface area contributed by atoms with E-state index in [1.165, 1.54) is 0 Å². The van der Waals surface area contributed by atoms with Gasteiger partial charge in [-0.15, -0.1) is 0 Å². The Morgan fingerprint density at radius 3 is 2.64 bits per heavy atom. The topological polar surface area (TPSA) is 38.5 Å². The molecule has 1 rings (SSSR count). The van der Waals surface area contributed by atoms with Crippen molar-refractivity contribution in [3.8, 4) is 0 Å². The van der Waals surface area contributed by atoms with Gasteiger partial charge in [0.15, 0.2) is 5.11 Å². The minimum Gasteiger partial charge on any atom is -0.377 e. The standard InChI is InChI=1S/C7H14N2OS/c1-7(2)5-10-4-3-9(7)6(8)11/h3-5H2,1-2H3,(H2,8,11). The van der Waals surface area contributed by atoms with Gasteiger partial charge in [-0.2, -0.15) is 0 Å². The second kappa shape index (κ2) is 2.95. The van der Waals surface area contributed by atoms with Crippen LogP contribution in [0.4, 0.5) is 0 Å². The van der Waals surface area contributed by atoms with Crippen molar-refractivity contribution in [2.75, 3.05) is 19.8 Å². The molecule has 0 amide bonds. The van der Waals surface area contributed by atoms with Crippen molar-refractivity contribution < 1.29 is 4.74 Å². The number of thiocarbonyl (C=S) groups is 1. The van der Waals surface area contributed by atoms with Crippen LogP contribution in [-0.4, -0.2) is 35.3 Å². The Morgan fingerprint density at radius 2 is 2.27 bits per heavy atom. The molecule has 0 unspecified atom stereocenters. The number of nitrogens with zero attached hydrogens (tertiary/aromatic N) is 1. The van der Waals surface area contributed by atoms with E-state index in [9.17, 15) is 0 Å². The number of ether oxygens (including phenoxy) is 1. The summed E-state index contributed by atoms with van der Waals surface area (Å²) in [6.45, 7) is 6.38. The third kappa shape index (κ3) is 1.81. The van der Waals surface area contributed by atoms with Crippen molar-refractivity contribution in [1.82, 2.24) is 4.90 Å². The van der Waals surface area contributed by atoms with Crippen LogP contribution < -0.4 is 5.73 Å². The molecule has 0 aromatic carbocycles. The minimum atomic E-state index is -0.0376. The van der Waals surface area contributed by atoms with Crippen LogP contribution >= 0.6 is 12.2 Å². The molecule has 11 heavy (non-hydrogen) atoms. The quantitative estimate of drug-likeness (QED) is 0.537. The molecule has 3 nitrogen and oxygen atoms in total. The number of hydrogen-bond acceptors (Lipinski definition) is 2. The third-order valence-electron chi connectivity index (χ3n) is 1.91. The van der Waals surface area contributed by atoms with E-state index in [-0.39, 0.29) is 5.54 Å². The van der Waals surface area contributed by atoms with Gasteiger partial charge in [0.2, 0.25) is 0 Å². The van der Waals surface area contributed by atoms with Gasteiger partial charge in [-0.1, -0.05) is 0 Å². The predicted octanol–water partition coefficient (Wildman–Crippen LogP) is 0.341. The van der Waals surface area contributed by atoms with E-state index in [4.69, 9.17) is 22.7 Å². The van der Waals surface area contributed by atoms with Crippen LogP contribution in [0.25, 0.3) is 0 Å². The largest absolute Gasteiger partial charge is 0.377 e. The molecular formula is C7H14N2OS. The molecule has 1 heterocycles. The van der Waals surface area contributed by atoms with Crippen molar-refractivity contribution in [1.29, 1.82) is 0 Å². The van der Waals surface area contributed by atoms with Crippen molar-refractivity contribution in [2.24, 2.45) is 5.73 Å². The maximum absolute atomic E-state index is 5.54. The zero-order chi connectivity index (χ0) is 8.48. The summed E-state index contributed by atoms with van der Waals surface area (Å²) in [4.78, 5) is 2.01. The lowest BCUT2D eigenvalue weighted by molar-refractivity contribution is -0.0142. The predicted molar refractivity (Wildman–Crippen MR) is 48.4 cm³/mol. The summed E-state index contributed by atoms with van der Waals surface area (Å²) in [6, 6.07) is 0. The molecule has 64 valence electrons. The highest BCUT2D eigenvalue weighted by Gasteiger charge is 2.30. The summed E-state index contributed by atoms with van der Waals surface area (Å²) in [6.07, 6.45) is 0. The monoisotopic (exact) mass is 174 g/mol. The molecule has 0 radical (unpaired) electrons. The van der Waals surface area contributed by atoms with Crippen LogP contribution in [0.5, 0.6) is 0 Å². The Balaban J connectivity index is 2.67. The molecule has 0 aliphatic carbocycles. The van der Waals surface area contributed by atoms with Crippen LogP contribution in [0.15, 0.2) is 0 Å². The molecule has 1 saturated heterocycles. The Labute approximate surface area is 72.5 Å². The molecule has 1 fully saturated rings. The van der Waals surface area contributed by atoms with E-state index < -0.39 is 0 Å². The average Bonchev–Trinajstić information content (AvgIpc) is 1.85. The van der Waals surface area contributed by atoms with E-state index in [0.717, 1.165) is 13.2 Å². The number of morpholine rings is 1. The highest BCUT2D eigenvalue weighted by Crippen LogP contribution is 2.17. The van der Waals surface area contributed by atoms with Gasteiger partial charge < -0.3 is 15.4 Å².